The van der Waals surface area contributed by atoms with Crippen molar-refractivity contribution in [1.29, 1.82) is 0 Å². The van der Waals surface area contributed by atoms with Gasteiger partial charge in [-0.1, -0.05) is 11.6 Å². The van der Waals surface area contributed by atoms with Crippen LogP contribution in [0.5, 0.6) is 0 Å². The minimum Gasteiger partial charge on any atom is -0.330 e. The van der Waals surface area contributed by atoms with Crippen LogP contribution in [0.3, 0.4) is 0 Å². The molecule has 0 amide bonds. The van der Waals surface area contributed by atoms with Crippen LogP contribution in [0.4, 0.5) is 0 Å². The van der Waals surface area contributed by atoms with E-state index in [1.165, 1.54) is 18.4 Å². The van der Waals surface area contributed by atoms with Crippen molar-refractivity contribution in [1.82, 2.24) is 9.88 Å². The van der Waals surface area contributed by atoms with Crippen LogP contribution in [0.15, 0.2) is 18.3 Å². The maximum absolute atomic E-state index is 5.91. The summed E-state index contributed by atoms with van der Waals surface area (Å²) in [5.41, 5.74) is 7.00. The van der Waals surface area contributed by atoms with Crippen LogP contribution >= 0.6 is 11.6 Å². The molecule has 1 fully saturated rings. The number of piperidine rings is 1. The van der Waals surface area contributed by atoms with E-state index in [-0.39, 0.29) is 0 Å². The second-order valence-electron chi connectivity index (χ2n) is 4.94. The number of hydrogen-bond acceptors (Lipinski definition) is 3. The van der Waals surface area contributed by atoms with Crippen LogP contribution in [0.1, 0.15) is 25.3 Å². The highest BCUT2D eigenvalue weighted by atomic mass is 35.5. The van der Waals surface area contributed by atoms with Gasteiger partial charge >= 0.3 is 0 Å². The number of likely N-dealkylation sites (tertiary alicyclic amines) is 1. The van der Waals surface area contributed by atoms with E-state index in [1.807, 2.05) is 12.1 Å². The molecule has 0 spiro atoms. The molecule has 1 aliphatic rings. The van der Waals surface area contributed by atoms with Crippen molar-refractivity contribution in [2.24, 2.45) is 11.7 Å². The third-order valence-corrected chi connectivity index (χ3v) is 3.83. The first kappa shape index (κ1) is 12.8. The van der Waals surface area contributed by atoms with Crippen molar-refractivity contribution in [3.8, 4) is 0 Å². The number of rotatable bonds is 3. The average molecular weight is 254 g/mol. The Labute approximate surface area is 108 Å². The van der Waals surface area contributed by atoms with Gasteiger partial charge in [0, 0.05) is 25.3 Å². The summed E-state index contributed by atoms with van der Waals surface area (Å²) in [6.07, 6.45) is 4.26. The fourth-order valence-corrected chi connectivity index (χ4v) is 2.65. The Morgan fingerprint density at radius 2 is 2.35 bits per heavy atom. The fourth-order valence-electron chi connectivity index (χ4n) is 2.45. The zero-order valence-electron chi connectivity index (χ0n) is 10.3. The first-order chi connectivity index (χ1) is 8.19. The molecular weight excluding hydrogens is 234 g/mol. The molecule has 2 rings (SSSR count). The van der Waals surface area contributed by atoms with E-state index in [0.717, 1.165) is 19.6 Å². The smallest absolute Gasteiger partial charge is 0.129 e. The zero-order chi connectivity index (χ0) is 12.3. The fraction of sp³-hybridized carbons (Fsp3) is 0.615. The Morgan fingerprint density at radius 3 is 3.06 bits per heavy atom. The minimum absolute atomic E-state index is 0.572. The molecule has 2 N–H and O–H groups in total. The van der Waals surface area contributed by atoms with E-state index in [9.17, 15) is 0 Å². The Hall–Kier alpha value is -0.640. The SMILES string of the molecule is CC1CCC(CN)CN1Cc1ccnc(Cl)c1. The van der Waals surface area contributed by atoms with Gasteiger partial charge in [-0.25, -0.2) is 4.98 Å². The zero-order valence-corrected chi connectivity index (χ0v) is 11.0. The lowest BCUT2D eigenvalue weighted by molar-refractivity contribution is 0.113. The van der Waals surface area contributed by atoms with Crippen molar-refractivity contribution in [2.45, 2.75) is 32.4 Å². The largest absolute Gasteiger partial charge is 0.330 e. The van der Waals surface area contributed by atoms with E-state index in [0.29, 0.717) is 17.1 Å². The van der Waals surface area contributed by atoms with Crippen molar-refractivity contribution in [2.75, 3.05) is 13.1 Å². The standard InChI is InChI=1S/C13H20ClN3/c1-10-2-3-12(7-15)9-17(10)8-11-4-5-16-13(14)6-11/h4-6,10,12H,2-3,7-9,15H2,1H3. The predicted molar refractivity (Wildman–Crippen MR) is 70.9 cm³/mol. The molecular formula is C13H20ClN3. The summed E-state index contributed by atoms with van der Waals surface area (Å²) in [5, 5.41) is 0.572. The number of nitrogens with two attached hydrogens (primary N) is 1. The molecule has 0 bridgehead atoms. The van der Waals surface area contributed by atoms with Crippen LogP contribution in [-0.4, -0.2) is 29.0 Å². The van der Waals surface area contributed by atoms with Crippen LogP contribution in [-0.2, 0) is 6.54 Å². The molecule has 1 aliphatic heterocycles. The molecule has 94 valence electrons. The topological polar surface area (TPSA) is 42.1 Å². The summed E-state index contributed by atoms with van der Waals surface area (Å²) in [6, 6.07) is 4.61. The molecule has 0 radical (unpaired) electrons. The van der Waals surface area contributed by atoms with Gasteiger partial charge in [-0.3, -0.25) is 4.90 Å². The van der Waals surface area contributed by atoms with E-state index in [1.54, 1.807) is 6.20 Å². The first-order valence-electron chi connectivity index (χ1n) is 6.23. The van der Waals surface area contributed by atoms with E-state index in [2.05, 4.69) is 16.8 Å². The maximum Gasteiger partial charge on any atom is 0.129 e. The highest BCUT2D eigenvalue weighted by molar-refractivity contribution is 6.29. The van der Waals surface area contributed by atoms with Gasteiger partial charge in [0.05, 0.1) is 0 Å². The molecule has 0 aliphatic carbocycles. The molecule has 0 aromatic carbocycles. The summed E-state index contributed by atoms with van der Waals surface area (Å²) in [6.45, 7) is 5.12. The Balaban J connectivity index is 2.01. The molecule has 3 nitrogen and oxygen atoms in total. The molecule has 2 unspecified atom stereocenters. The van der Waals surface area contributed by atoms with Crippen molar-refractivity contribution in [3.05, 3.63) is 29.0 Å². The normalized spacial score (nSPS) is 26.1. The molecule has 2 atom stereocenters. The van der Waals surface area contributed by atoms with E-state index in [4.69, 9.17) is 17.3 Å². The number of pyridine rings is 1. The van der Waals surface area contributed by atoms with Crippen LogP contribution in [0, 0.1) is 5.92 Å². The van der Waals surface area contributed by atoms with Gasteiger partial charge in [0.15, 0.2) is 0 Å². The highest BCUT2D eigenvalue weighted by Crippen LogP contribution is 2.23. The van der Waals surface area contributed by atoms with Crippen LogP contribution < -0.4 is 5.73 Å². The predicted octanol–water partition coefficient (Wildman–Crippen LogP) is 2.29. The van der Waals surface area contributed by atoms with E-state index >= 15 is 0 Å². The van der Waals surface area contributed by atoms with Crippen LogP contribution in [0.25, 0.3) is 0 Å². The van der Waals surface area contributed by atoms with Gasteiger partial charge in [0.2, 0.25) is 0 Å². The Kier molecular flexibility index (Phi) is 4.37. The maximum atomic E-state index is 5.91. The summed E-state index contributed by atoms with van der Waals surface area (Å²) in [5.74, 6) is 0.642. The molecule has 17 heavy (non-hydrogen) atoms. The number of nitrogens with zero attached hydrogens (tertiary/aromatic N) is 2. The quantitative estimate of drug-likeness (QED) is 0.841. The summed E-state index contributed by atoms with van der Waals surface area (Å²) in [7, 11) is 0. The molecule has 1 saturated heterocycles. The van der Waals surface area contributed by atoms with Gasteiger partial charge in [-0.2, -0.15) is 0 Å². The monoisotopic (exact) mass is 253 g/mol. The lowest BCUT2D eigenvalue weighted by atomic mass is 9.93. The van der Waals surface area contributed by atoms with Gasteiger partial charge in [0.25, 0.3) is 0 Å². The second-order valence-corrected chi connectivity index (χ2v) is 5.33. The van der Waals surface area contributed by atoms with Gasteiger partial charge < -0.3 is 5.73 Å². The summed E-state index contributed by atoms with van der Waals surface area (Å²) < 4.78 is 0. The summed E-state index contributed by atoms with van der Waals surface area (Å²) in [4.78, 5) is 6.50. The lowest BCUT2D eigenvalue weighted by Gasteiger charge is -2.37. The van der Waals surface area contributed by atoms with Crippen molar-refractivity contribution in [3.63, 3.8) is 0 Å². The summed E-state index contributed by atoms with van der Waals surface area (Å²) >= 11 is 5.91. The Morgan fingerprint density at radius 1 is 1.53 bits per heavy atom. The third kappa shape index (κ3) is 3.41. The van der Waals surface area contributed by atoms with Gasteiger partial charge in [0.1, 0.15) is 5.15 Å². The van der Waals surface area contributed by atoms with E-state index < -0.39 is 0 Å². The number of aromatic nitrogens is 1. The number of hydrogen-bond donors (Lipinski definition) is 1. The third-order valence-electron chi connectivity index (χ3n) is 3.62. The molecule has 0 saturated carbocycles. The minimum atomic E-state index is 0.572. The first-order valence-corrected chi connectivity index (χ1v) is 6.61. The molecule has 1 aromatic rings. The highest BCUT2D eigenvalue weighted by Gasteiger charge is 2.24. The van der Waals surface area contributed by atoms with Crippen LogP contribution in [0.2, 0.25) is 5.15 Å². The Bertz CT molecular complexity index is 369. The molecule has 4 heteroatoms. The van der Waals surface area contributed by atoms with Gasteiger partial charge in [-0.05, 0) is 49.9 Å². The lowest BCUT2D eigenvalue weighted by Crippen LogP contribution is -2.43. The van der Waals surface area contributed by atoms with Crippen molar-refractivity contribution < 1.29 is 0 Å². The molecule has 1 aromatic heterocycles. The average Bonchev–Trinajstić information content (AvgIpc) is 2.32. The molecule has 2 heterocycles. The number of halogens is 1. The second kappa shape index (κ2) is 5.80. The van der Waals surface area contributed by atoms with Crippen molar-refractivity contribution >= 4 is 11.6 Å². The van der Waals surface area contributed by atoms with Gasteiger partial charge in [-0.15, -0.1) is 0 Å².